The Morgan fingerprint density at radius 1 is 1.10 bits per heavy atom. The SMILES string of the molecule is CCc1nc(Cl)cc(-c2ccnn2-c2ccccc2)n1. The van der Waals surface area contributed by atoms with E-state index in [1.807, 2.05) is 48.0 Å². The van der Waals surface area contributed by atoms with Gasteiger partial charge in [-0.25, -0.2) is 14.6 Å². The highest BCUT2D eigenvalue weighted by molar-refractivity contribution is 6.29. The summed E-state index contributed by atoms with van der Waals surface area (Å²) in [5.74, 6) is 0.730. The summed E-state index contributed by atoms with van der Waals surface area (Å²) in [5, 5.41) is 4.81. The summed E-state index contributed by atoms with van der Waals surface area (Å²) in [6, 6.07) is 13.6. The monoisotopic (exact) mass is 284 g/mol. The fourth-order valence-electron chi connectivity index (χ4n) is 2.03. The van der Waals surface area contributed by atoms with Crippen molar-refractivity contribution in [3.8, 4) is 17.1 Å². The highest BCUT2D eigenvalue weighted by atomic mass is 35.5. The van der Waals surface area contributed by atoms with Crippen LogP contribution in [0.25, 0.3) is 17.1 Å². The lowest BCUT2D eigenvalue weighted by molar-refractivity contribution is 0.874. The van der Waals surface area contributed by atoms with Crippen molar-refractivity contribution in [1.29, 1.82) is 0 Å². The molecule has 20 heavy (non-hydrogen) atoms. The van der Waals surface area contributed by atoms with Gasteiger partial charge in [-0.15, -0.1) is 0 Å². The largest absolute Gasteiger partial charge is 0.232 e. The smallest absolute Gasteiger partial charge is 0.133 e. The van der Waals surface area contributed by atoms with E-state index in [1.165, 1.54) is 0 Å². The fraction of sp³-hybridized carbons (Fsp3) is 0.133. The topological polar surface area (TPSA) is 43.6 Å². The summed E-state index contributed by atoms with van der Waals surface area (Å²) in [6.07, 6.45) is 2.50. The highest BCUT2D eigenvalue weighted by Crippen LogP contribution is 2.22. The molecular weight excluding hydrogens is 272 g/mol. The second kappa shape index (κ2) is 5.43. The van der Waals surface area contributed by atoms with E-state index >= 15 is 0 Å². The molecule has 3 rings (SSSR count). The third kappa shape index (κ3) is 2.42. The first-order valence-corrected chi connectivity index (χ1v) is 6.79. The first-order chi connectivity index (χ1) is 9.78. The fourth-order valence-corrected chi connectivity index (χ4v) is 2.23. The molecule has 2 aromatic heterocycles. The molecule has 0 aliphatic rings. The van der Waals surface area contributed by atoms with E-state index in [-0.39, 0.29) is 0 Å². The maximum absolute atomic E-state index is 6.06. The van der Waals surface area contributed by atoms with Crippen molar-refractivity contribution >= 4 is 11.6 Å². The van der Waals surface area contributed by atoms with Crippen molar-refractivity contribution in [1.82, 2.24) is 19.7 Å². The minimum atomic E-state index is 0.452. The first-order valence-electron chi connectivity index (χ1n) is 6.41. The zero-order valence-corrected chi connectivity index (χ0v) is 11.7. The molecule has 0 unspecified atom stereocenters. The Balaban J connectivity index is 2.13. The molecule has 0 N–H and O–H groups in total. The second-order valence-electron chi connectivity index (χ2n) is 4.31. The van der Waals surface area contributed by atoms with Crippen molar-refractivity contribution in [2.24, 2.45) is 0 Å². The third-order valence-corrected chi connectivity index (χ3v) is 3.16. The van der Waals surface area contributed by atoms with Crippen molar-refractivity contribution in [2.75, 3.05) is 0 Å². The van der Waals surface area contributed by atoms with E-state index in [1.54, 1.807) is 12.3 Å². The Bertz CT molecular complexity index is 722. The lowest BCUT2D eigenvalue weighted by atomic mass is 10.2. The number of hydrogen-bond donors (Lipinski definition) is 0. The van der Waals surface area contributed by atoms with Gasteiger partial charge in [0.05, 0.1) is 23.3 Å². The Morgan fingerprint density at radius 2 is 1.90 bits per heavy atom. The van der Waals surface area contributed by atoms with Gasteiger partial charge in [-0.05, 0) is 18.2 Å². The Morgan fingerprint density at radius 3 is 2.65 bits per heavy atom. The molecular formula is C15H13ClN4. The van der Waals surface area contributed by atoms with Gasteiger partial charge in [0.25, 0.3) is 0 Å². The van der Waals surface area contributed by atoms with Gasteiger partial charge in [-0.1, -0.05) is 36.7 Å². The number of nitrogens with zero attached hydrogens (tertiary/aromatic N) is 4. The van der Waals surface area contributed by atoms with Crippen LogP contribution in [0.2, 0.25) is 5.15 Å². The van der Waals surface area contributed by atoms with Gasteiger partial charge in [-0.3, -0.25) is 0 Å². The minimum Gasteiger partial charge on any atom is -0.232 e. The van der Waals surface area contributed by atoms with Gasteiger partial charge in [0.2, 0.25) is 0 Å². The van der Waals surface area contributed by atoms with Gasteiger partial charge in [-0.2, -0.15) is 5.10 Å². The van der Waals surface area contributed by atoms with Crippen molar-refractivity contribution in [3.05, 3.63) is 59.6 Å². The van der Waals surface area contributed by atoms with Crippen LogP contribution in [-0.2, 0) is 6.42 Å². The molecule has 1 aromatic carbocycles. The van der Waals surface area contributed by atoms with Crippen LogP contribution in [0.4, 0.5) is 0 Å². The van der Waals surface area contributed by atoms with E-state index in [0.29, 0.717) is 5.15 Å². The van der Waals surface area contributed by atoms with Crippen LogP contribution in [0.15, 0.2) is 48.7 Å². The lowest BCUT2D eigenvalue weighted by Crippen LogP contribution is -2.02. The average Bonchev–Trinajstić information content (AvgIpc) is 2.97. The van der Waals surface area contributed by atoms with E-state index in [4.69, 9.17) is 11.6 Å². The molecule has 5 heteroatoms. The van der Waals surface area contributed by atoms with Crippen molar-refractivity contribution in [3.63, 3.8) is 0 Å². The molecule has 0 bridgehead atoms. The number of aryl methyl sites for hydroxylation is 1. The molecule has 0 radical (unpaired) electrons. The summed E-state index contributed by atoms with van der Waals surface area (Å²) in [4.78, 5) is 8.71. The normalized spacial score (nSPS) is 10.7. The second-order valence-corrected chi connectivity index (χ2v) is 4.70. The molecule has 100 valence electrons. The van der Waals surface area contributed by atoms with E-state index in [0.717, 1.165) is 29.3 Å². The van der Waals surface area contributed by atoms with Crippen LogP contribution in [0.1, 0.15) is 12.7 Å². The van der Waals surface area contributed by atoms with Gasteiger partial charge < -0.3 is 0 Å². The molecule has 4 nitrogen and oxygen atoms in total. The molecule has 3 aromatic rings. The van der Waals surface area contributed by atoms with Gasteiger partial charge in [0.15, 0.2) is 0 Å². The number of aromatic nitrogens is 4. The minimum absolute atomic E-state index is 0.452. The molecule has 0 saturated heterocycles. The lowest BCUT2D eigenvalue weighted by Gasteiger charge is -2.08. The molecule has 0 fully saturated rings. The third-order valence-electron chi connectivity index (χ3n) is 2.96. The number of para-hydroxylation sites is 1. The molecule has 0 amide bonds. The predicted octanol–water partition coefficient (Wildman–Crippen LogP) is 3.55. The van der Waals surface area contributed by atoms with Crippen LogP contribution < -0.4 is 0 Å². The maximum Gasteiger partial charge on any atom is 0.133 e. The summed E-state index contributed by atoms with van der Waals surface area (Å²) in [7, 11) is 0. The number of rotatable bonds is 3. The zero-order valence-electron chi connectivity index (χ0n) is 11.0. The van der Waals surface area contributed by atoms with E-state index in [9.17, 15) is 0 Å². The van der Waals surface area contributed by atoms with E-state index < -0.39 is 0 Å². The van der Waals surface area contributed by atoms with Crippen LogP contribution in [0.5, 0.6) is 0 Å². The van der Waals surface area contributed by atoms with Crippen molar-refractivity contribution in [2.45, 2.75) is 13.3 Å². The Hall–Kier alpha value is -2.20. The number of halogens is 1. The quantitative estimate of drug-likeness (QED) is 0.691. The standard InChI is InChI=1S/C15H13ClN4/c1-2-15-18-12(10-14(16)19-15)13-8-9-17-20(13)11-6-4-3-5-7-11/h3-10H,2H2,1H3. The van der Waals surface area contributed by atoms with Gasteiger partial charge in [0, 0.05) is 12.5 Å². The summed E-state index contributed by atoms with van der Waals surface area (Å²) >= 11 is 6.06. The van der Waals surface area contributed by atoms with Crippen molar-refractivity contribution < 1.29 is 0 Å². The Labute approximate surface area is 122 Å². The summed E-state index contributed by atoms with van der Waals surface area (Å²) in [5.41, 5.74) is 2.67. The van der Waals surface area contributed by atoms with Crippen LogP contribution in [0, 0.1) is 0 Å². The molecule has 0 atom stereocenters. The number of hydrogen-bond acceptors (Lipinski definition) is 3. The van der Waals surface area contributed by atoms with Crippen LogP contribution in [0.3, 0.4) is 0 Å². The summed E-state index contributed by atoms with van der Waals surface area (Å²) in [6.45, 7) is 2.00. The molecule has 0 spiro atoms. The van der Waals surface area contributed by atoms with E-state index in [2.05, 4.69) is 15.1 Å². The number of benzene rings is 1. The van der Waals surface area contributed by atoms with Crippen LogP contribution >= 0.6 is 11.6 Å². The first kappa shape index (κ1) is 12.8. The highest BCUT2D eigenvalue weighted by Gasteiger charge is 2.11. The Kier molecular flexibility index (Phi) is 3.48. The summed E-state index contributed by atoms with van der Waals surface area (Å²) < 4.78 is 1.85. The van der Waals surface area contributed by atoms with Gasteiger partial charge >= 0.3 is 0 Å². The zero-order chi connectivity index (χ0) is 13.9. The molecule has 0 aliphatic heterocycles. The molecule has 0 saturated carbocycles. The molecule has 2 heterocycles. The van der Waals surface area contributed by atoms with Gasteiger partial charge in [0.1, 0.15) is 11.0 Å². The van der Waals surface area contributed by atoms with Crippen LogP contribution in [-0.4, -0.2) is 19.7 Å². The molecule has 0 aliphatic carbocycles. The predicted molar refractivity (Wildman–Crippen MR) is 79.0 cm³/mol. The average molecular weight is 285 g/mol. The maximum atomic E-state index is 6.06.